The van der Waals surface area contributed by atoms with Crippen LogP contribution >= 0.6 is 12.2 Å². The summed E-state index contributed by atoms with van der Waals surface area (Å²) in [4.78, 5) is 12.6. The van der Waals surface area contributed by atoms with Crippen LogP contribution in [0, 0.1) is 12.8 Å². The van der Waals surface area contributed by atoms with Crippen molar-refractivity contribution in [3.8, 4) is 0 Å². The molecule has 2 heterocycles. The first-order valence-electron chi connectivity index (χ1n) is 13.7. The van der Waals surface area contributed by atoms with Crippen LogP contribution in [0.2, 0.25) is 0 Å². The lowest BCUT2D eigenvalue weighted by Crippen LogP contribution is -2.48. The number of hydrogen-bond acceptors (Lipinski definition) is 5. The van der Waals surface area contributed by atoms with Gasteiger partial charge in [0.05, 0.1) is 5.52 Å². The molecule has 4 rings (SSSR count). The van der Waals surface area contributed by atoms with E-state index < -0.39 is 0 Å². The molecule has 0 unspecified atom stereocenters. The van der Waals surface area contributed by atoms with Gasteiger partial charge in [-0.2, -0.15) is 0 Å². The maximum absolute atomic E-state index is 5.52. The highest BCUT2D eigenvalue weighted by molar-refractivity contribution is 7.80. The quantitative estimate of drug-likeness (QED) is 0.480. The minimum atomic E-state index is 0.671. The minimum absolute atomic E-state index is 0.671. The van der Waals surface area contributed by atoms with E-state index in [2.05, 4.69) is 70.4 Å². The number of anilines is 2. The zero-order valence-electron chi connectivity index (χ0n) is 22.0. The van der Waals surface area contributed by atoms with E-state index in [1.54, 1.807) is 0 Å². The molecule has 35 heavy (non-hydrogen) atoms. The van der Waals surface area contributed by atoms with Crippen LogP contribution in [0.3, 0.4) is 0 Å². The lowest BCUT2D eigenvalue weighted by atomic mass is 9.89. The second-order valence-corrected chi connectivity index (χ2v) is 10.6. The van der Waals surface area contributed by atoms with Gasteiger partial charge in [0.1, 0.15) is 5.82 Å². The Morgan fingerprint density at radius 3 is 2.51 bits per heavy atom. The lowest BCUT2D eigenvalue weighted by molar-refractivity contribution is 0.192. The predicted molar refractivity (Wildman–Crippen MR) is 154 cm³/mol. The fourth-order valence-corrected chi connectivity index (χ4v) is 5.77. The van der Waals surface area contributed by atoms with E-state index in [-0.39, 0.29) is 0 Å². The number of piperazine rings is 1. The molecule has 0 atom stereocenters. The minimum Gasteiger partial charge on any atom is -0.361 e. The van der Waals surface area contributed by atoms with E-state index in [0.717, 1.165) is 75.3 Å². The van der Waals surface area contributed by atoms with Crippen LogP contribution in [0.4, 0.5) is 11.5 Å². The molecule has 2 aromatic rings. The third-order valence-corrected chi connectivity index (χ3v) is 8.05. The number of nitrogens with zero attached hydrogens (tertiary/aromatic N) is 4. The van der Waals surface area contributed by atoms with E-state index in [1.165, 1.54) is 49.6 Å². The first-order chi connectivity index (χ1) is 17.1. The summed E-state index contributed by atoms with van der Waals surface area (Å²) in [6.45, 7) is 16.3. The smallest absolute Gasteiger partial charge is 0.170 e. The van der Waals surface area contributed by atoms with Gasteiger partial charge in [-0.05, 0) is 80.8 Å². The average Bonchev–Trinajstić information content (AvgIpc) is 2.88. The van der Waals surface area contributed by atoms with Crippen LogP contribution in [-0.2, 0) is 0 Å². The zero-order chi connectivity index (χ0) is 24.6. The van der Waals surface area contributed by atoms with Gasteiger partial charge in [-0.1, -0.05) is 33.1 Å². The molecule has 1 aromatic carbocycles. The number of nitrogens with one attached hydrogen (secondary N) is 2. The van der Waals surface area contributed by atoms with E-state index in [9.17, 15) is 0 Å². The van der Waals surface area contributed by atoms with Gasteiger partial charge in [0.25, 0.3) is 0 Å². The van der Waals surface area contributed by atoms with Gasteiger partial charge in [-0.15, -0.1) is 0 Å². The Labute approximate surface area is 217 Å². The third kappa shape index (κ3) is 7.28. The van der Waals surface area contributed by atoms with Gasteiger partial charge in [-0.3, -0.25) is 4.90 Å². The average molecular weight is 497 g/mol. The van der Waals surface area contributed by atoms with Crippen molar-refractivity contribution in [3.63, 3.8) is 0 Å². The van der Waals surface area contributed by atoms with Gasteiger partial charge in [0.15, 0.2) is 5.11 Å². The van der Waals surface area contributed by atoms with E-state index in [0.29, 0.717) is 5.11 Å². The Balaban J connectivity index is 1.32. The van der Waals surface area contributed by atoms with Crippen LogP contribution in [0.1, 0.15) is 51.5 Å². The van der Waals surface area contributed by atoms with Crippen LogP contribution in [0.15, 0.2) is 24.3 Å². The Morgan fingerprint density at radius 2 is 1.80 bits per heavy atom. The third-order valence-electron chi connectivity index (χ3n) is 7.81. The van der Waals surface area contributed by atoms with E-state index >= 15 is 0 Å². The Morgan fingerprint density at radius 1 is 1.06 bits per heavy atom. The maximum Gasteiger partial charge on any atom is 0.170 e. The van der Waals surface area contributed by atoms with Crippen molar-refractivity contribution in [3.05, 3.63) is 29.8 Å². The molecule has 2 fully saturated rings. The summed E-state index contributed by atoms with van der Waals surface area (Å²) in [6, 6.07) is 8.62. The van der Waals surface area contributed by atoms with Gasteiger partial charge >= 0.3 is 0 Å². The summed E-state index contributed by atoms with van der Waals surface area (Å²) in [5.41, 5.74) is 3.32. The largest absolute Gasteiger partial charge is 0.361 e. The maximum atomic E-state index is 5.52. The summed E-state index contributed by atoms with van der Waals surface area (Å²) < 4.78 is 0. The summed E-state index contributed by atoms with van der Waals surface area (Å²) in [5.74, 6) is 2.03. The van der Waals surface area contributed by atoms with Gasteiger partial charge in [-0.25, -0.2) is 4.98 Å². The van der Waals surface area contributed by atoms with Gasteiger partial charge < -0.3 is 20.4 Å². The molecule has 1 saturated heterocycles. The lowest BCUT2D eigenvalue weighted by Gasteiger charge is -2.38. The number of hydrogen-bond donors (Lipinski definition) is 2. The van der Waals surface area contributed by atoms with Crippen molar-refractivity contribution in [2.24, 2.45) is 5.92 Å². The number of fused-ring (bicyclic) bond motifs is 1. The van der Waals surface area contributed by atoms with E-state index in [1.807, 2.05) is 0 Å². The molecule has 192 valence electrons. The van der Waals surface area contributed by atoms with Crippen LogP contribution in [0.5, 0.6) is 0 Å². The molecule has 0 amide bonds. The molecule has 1 aromatic heterocycles. The van der Waals surface area contributed by atoms with Crippen molar-refractivity contribution < 1.29 is 0 Å². The second kappa shape index (κ2) is 12.8. The monoisotopic (exact) mass is 496 g/mol. The topological polar surface area (TPSA) is 46.7 Å². The molecular formula is C28H44N6S. The van der Waals surface area contributed by atoms with Crippen molar-refractivity contribution in [1.29, 1.82) is 0 Å². The molecule has 2 aliphatic rings. The Bertz CT molecular complexity index is 961. The summed E-state index contributed by atoms with van der Waals surface area (Å²) >= 11 is 5.52. The number of aromatic nitrogens is 1. The zero-order valence-corrected chi connectivity index (χ0v) is 22.8. The van der Waals surface area contributed by atoms with Gasteiger partial charge in [0, 0.05) is 56.9 Å². The number of thiocarbonyl (C=S) groups is 1. The van der Waals surface area contributed by atoms with Crippen LogP contribution in [-0.4, -0.2) is 78.8 Å². The number of likely N-dealkylation sites (N-methyl/N-ethyl adjacent to an activating group) is 1. The van der Waals surface area contributed by atoms with Crippen molar-refractivity contribution in [2.75, 3.05) is 69.1 Å². The molecule has 6 nitrogen and oxygen atoms in total. The SMILES string of the molecule is CCN(CC)CCNC(=S)Nc1ccc2nc(N3CCN(CC4CCCCC4)CC3)cc(C)c2c1. The summed E-state index contributed by atoms with van der Waals surface area (Å²) in [5, 5.41) is 8.52. The standard InChI is InChI=1S/C28H44N6S/c1-4-32(5-2)14-13-29-28(35)30-24-11-12-26-25(20-24)22(3)19-27(31-26)34-17-15-33(16-18-34)21-23-9-7-6-8-10-23/h11-12,19-20,23H,4-10,13-18,21H2,1-3H3,(H2,29,30,35). The molecule has 0 spiro atoms. The second-order valence-electron chi connectivity index (χ2n) is 10.2. The summed E-state index contributed by atoms with van der Waals surface area (Å²) in [6.07, 6.45) is 7.16. The van der Waals surface area contributed by atoms with E-state index in [4.69, 9.17) is 17.2 Å². The Kier molecular flexibility index (Phi) is 9.58. The number of aryl methyl sites for hydroxylation is 1. The fraction of sp³-hybridized carbons (Fsp3) is 0.643. The Hall–Kier alpha value is -1.96. The molecule has 0 bridgehead atoms. The number of rotatable bonds is 9. The first-order valence-corrected chi connectivity index (χ1v) is 14.1. The molecule has 1 aliphatic carbocycles. The fourth-order valence-electron chi connectivity index (χ4n) is 5.55. The molecule has 1 saturated carbocycles. The highest BCUT2D eigenvalue weighted by Crippen LogP contribution is 2.27. The number of benzene rings is 1. The number of pyridine rings is 1. The molecule has 0 radical (unpaired) electrons. The summed E-state index contributed by atoms with van der Waals surface area (Å²) in [7, 11) is 0. The molecule has 2 N–H and O–H groups in total. The van der Waals surface area contributed by atoms with Gasteiger partial charge in [0.2, 0.25) is 0 Å². The molecular weight excluding hydrogens is 452 g/mol. The predicted octanol–water partition coefficient (Wildman–Crippen LogP) is 4.87. The highest BCUT2D eigenvalue weighted by atomic mass is 32.1. The van der Waals surface area contributed by atoms with Crippen molar-refractivity contribution in [1.82, 2.24) is 20.1 Å². The van der Waals surface area contributed by atoms with Crippen molar-refractivity contribution in [2.45, 2.75) is 52.9 Å². The first kappa shape index (κ1) is 26.1. The normalized spacial score (nSPS) is 17.8. The van der Waals surface area contributed by atoms with Crippen LogP contribution < -0.4 is 15.5 Å². The molecule has 1 aliphatic heterocycles. The molecule has 7 heteroatoms. The van der Waals surface area contributed by atoms with Crippen molar-refractivity contribution >= 4 is 39.7 Å². The van der Waals surface area contributed by atoms with Crippen LogP contribution in [0.25, 0.3) is 10.9 Å². The highest BCUT2D eigenvalue weighted by Gasteiger charge is 2.22.